The molecule has 2 heterocycles. The highest BCUT2D eigenvalue weighted by molar-refractivity contribution is 5.94. The van der Waals surface area contributed by atoms with Crippen molar-refractivity contribution in [3.63, 3.8) is 0 Å². The van der Waals surface area contributed by atoms with Crippen LogP contribution in [0.5, 0.6) is 0 Å². The summed E-state index contributed by atoms with van der Waals surface area (Å²) in [6.07, 6.45) is 2.90. The van der Waals surface area contributed by atoms with Crippen LogP contribution in [-0.2, 0) is 9.47 Å². The van der Waals surface area contributed by atoms with Crippen molar-refractivity contribution in [2.45, 2.75) is 38.5 Å². The highest BCUT2D eigenvalue weighted by Gasteiger charge is 2.36. The Morgan fingerprint density at radius 3 is 2.55 bits per heavy atom. The van der Waals surface area contributed by atoms with Crippen LogP contribution < -0.4 is 0 Å². The number of hydrogen-bond donors (Lipinski definition) is 0. The van der Waals surface area contributed by atoms with Gasteiger partial charge in [0.25, 0.3) is 5.91 Å². The maximum absolute atomic E-state index is 12.7. The summed E-state index contributed by atoms with van der Waals surface area (Å²) in [6.45, 7) is 4.08. The van der Waals surface area contributed by atoms with Crippen LogP contribution in [0.15, 0.2) is 24.3 Å². The van der Waals surface area contributed by atoms with Gasteiger partial charge in [-0.05, 0) is 38.3 Å². The van der Waals surface area contributed by atoms with Gasteiger partial charge in [-0.25, -0.2) is 0 Å². The molecule has 4 heteroatoms. The number of ether oxygens (including phenoxy) is 2. The van der Waals surface area contributed by atoms with Crippen LogP contribution in [0.25, 0.3) is 0 Å². The van der Waals surface area contributed by atoms with Crippen molar-refractivity contribution in [3.05, 3.63) is 35.4 Å². The molecule has 0 spiro atoms. The molecule has 2 aliphatic heterocycles. The van der Waals surface area contributed by atoms with Gasteiger partial charge in [0.15, 0.2) is 6.29 Å². The van der Waals surface area contributed by atoms with Crippen LogP contribution in [0.2, 0.25) is 0 Å². The summed E-state index contributed by atoms with van der Waals surface area (Å²) in [4.78, 5) is 14.6. The van der Waals surface area contributed by atoms with Gasteiger partial charge in [0, 0.05) is 12.1 Å². The molecule has 1 aromatic carbocycles. The Labute approximate surface area is 119 Å². The second-order valence-corrected chi connectivity index (χ2v) is 5.54. The van der Waals surface area contributed by atoms with Crippen LogP contribution in [-0.4, -0.2) is 42.9 Å². The van der Waals surface area contributed by atoms with E-state index < -0.39 is 0 Å². The van der Waals surface area contributed by atoms with E-state index in [0.717, 1.165) is 31.4 Å². The average Bonchev–Trinajstić information content (AvgIpc) is 3.01. The van der Waals surface area contributed by atoms with E-state index in [1.165, 1.54) is 5.56 Å². The van der Waals surface area contributed by atoms with E-state index in [1.54, 1.807) is 0 Å². The molecule has 108 valence electrons. The maximum Gasteiger partial charge on any atom is 0.254 e. The van der Waals surface area contributed by atoms with Gasteiger partial charge in [-0.1, -0.05) is 17.7 Å². The first-order valence-electron chi connectivity index (χ1n) is 7.36. The van der Waals surface area contributed by atoms with Crippen molar-refractivity contribution in [1.29, 1.82) is 0 Å². The standard InChI is InChI=1S/C16H21NO3/c1-12-5-7-13(8-6-12)15(18)17-9-3-2-4-14(17)16-19-10-11-20-16/h5-8,14,16H,2-4,9-11H2,1H3. The van der Waals surface area contributed by atoms with Gasteiger partial charge in [0.2, 0.25) is 0 Å². The number of nitrogens with zero attached hydrogens (tertiary/aromatic N) is 1. The van der Waals surface area contributed by atoms with Crippen LogP contribution >= 0.6 is 0 Å². The number of amides is 1. The van der Waals surface area contributed by atoms with Crippen LogP contribution in [0.4, 0.5) is 0 Å². The van der Waals surface area contributed by atoms with Crippen molar-refractivity contribution in [1.82, 2.24) is 4.90 Å². The van der Waals surface area contributed by atoms with Gasteiger partial charge in [-0.3, -0.25) is 4.79 Å². The predicted octanol–water partition coefficient (Wildman–Crippen LogP) is 2.36. The predicted molar refractivity (Wildman–Crippen MR) is 75.5 cm³/mol. The minimum atomic E-state index is -0.246. The largest absolute Gasteiger partial charge is 0.348 e. The van der Waals surface area contributed by atoms with Crippen LogP contribution in [0, 0.1) is 6.92 Å². The Balaban J connectivity index is 1.78. The molecule has 0 radical (unpaired) electrons. The van der Waals surface area contributed by atoms with Crippen molar-refractivity contribution >= 4 is 5.91 Å². The molecule has 0 bridgehead atoms. The van der Waals surface area contributed by atoms with E-state index >= 15 is 0 Å². The molecule has 0 aliphatic carbocycles. The lowest BCUT2D eigenvalue weighted by molar-refractivity contribution is -0.100. The van der Waals surface area contributed by atoms with Crippen molar-refractivity contribution in [3.8, 4) is 0 Å². The Hall–Kier alpha value is -1.39. The molecule has 1 unspecified atom stereocenters. The molecule has 0 saturated carbocycles. The van der Waals surface area contributed by atoms with E-state index in [1.807, 2.05) is 36.1 Å². The van der Waals surface area contributed by atoms with Gasteiger partial charge in [0.05, 0.1) is 19.3 Å². The molecule has 3 rings (SSSR count). The normalized spacial score (nSPS) is 24.1. The third-order valence-electron chi connectivity index (χ3n) is 4.07. The Bertz CT molecular complexity index is 465. The summed E-state index contributed by atoms with van der Waals surface area (Å²) in [6, 6.07) is 7.82. The first-order valence-corrected chi connectivity index (χ1v) is 7.36. The van der Waals surface area contributed by atoms with Gasteiger partial charge in [0.1, 0.15) is 0 Å². The number of likely N-dealkylation sites (tertiary alicyclic amines) is 1. The summed E-state index contributed by atoms with van der Waals surface area (Å²) < 4.78 is 11.2. The second-order valence-electron chi connectivity index (χ2n) is 5.54. The highest BCUT2D eigenvalue weighted by atomic mass is 16.7. The quantitative estimate of drug-likeness (QED) is 0.831. The average molecular weight is 275 g/mol. The summed E-state index contributed by atoms with van der Waals surface area (Å²) in [5.74, 6) is 0.0915. The lowest BCUT2D eigenvalue weighted by atomic mass is 10.00. The molecular weight excluding hydrogens is 254 g/mol. The first-order chi connectivity index (χ1) is 9.75. The van der Waals surface area contributed by atoms with Crippen LogP contribution in [0.1, 0.15) is 35.2 Å². The Morgan fingerprint density at radius 1 is 1.15 bits per heavy atom. The number of carbonyl (C=O) groups excluding carboxylic acids is 1. The molecule has 0 N–H and O–H groups in total. The zero-order chi connectivity index (χ0) is 13.9. The topological polar surface area (TPSA) is 38.8 Å². The molecule has 1 aromatic rings. The molecule has 2 fully saturated rings. The maximum atomic E-state index is 12.7. The minimum absolute atomic E-state index is 0.0556. The summed E-state index contributed by atoms with van der Waals surface area (Å²) >= 11 is 0. The van der Waals surface area contributed by atoms with Crippen LogP contribution in [0.3, 0.4) is 0 Å². The van der Waals surface area contributed by atoms with E-state index in [2.05, 4.69) is 0 Å². The molecule has 0 aromatic heterocycles. The Morgan fingerprint density at radius 2 is 1.85 bits per heavy atom. The lowest BCUT2D eigenvalue weighted by Crippen LogP contribution is -2.50. The smallest absolute Gasteiger partial charge is 0.254 e. The zero-order valence-electron chi connectivity index (χ0n) is 11.9. The lowest BCUT2D eigenvalue weighted by Gasteiger charge is -2.38. The fraction of sp³-hybridized carbons (Fsp3) is 0.562. The molecular formula is C16H21NO3. The summed E-state index contributed by atoms with van der Waals surface area (Å²) in [5, 5.41) is 0. The number of piperidine rings is 1. The molecule has 4 nitrogen and oxygen atoms in total. The SMILES string of the molecule is Cc1ccc(C(=O)N2CCCCC2C2OCCO2)cc1. The minimum Gasteiger partial charge on any atom is -0.348 e. The molecule has 2 saturated heterocycles. The van der Waals surface area contributed by atoms with E-state index in [-0.39, 0.29) is 18.2 Å². The number of aryl methyl sites for hydroxylation is 1. The third kappa shape index (κ3) is 2.72. The monoisotopic (exact) mass is 275 g/mol. The van der Waals surface area contributed by atoms with Gasteiger partial charge in [-0.15, -0.1) is 0 Å². The van der Waals surface area contributed by atoms with Crippen molar-refractivity contribution < 1.29 is 14.3 Å². The van der Waals surface area contributed by atoms with Gasteiger partial charge < -0.3 is 14.4 Å². The second kappa shape index (κ2) is 5.94. The Kier molecular flexibility index (Phi) is 4.03. The van der Waals surface area contributed by atoms with Crippen molar-refractivity contribution in [2.75, 3.05) is 19.8 Å². The molecule has 1 atom stereocenters. The van der Waals surface area contributed by atoms with E-state index in [9.17, 15) is 4.79 Å². The number of carbonyl (C=O) groups is 1. The van der Waals surface area contributed by atoms with E-state index in [0.29, 0.717) is 13.2 Å². The van der Waals surface area contributed by atoms with Gasteiger partial charge >= 0.3 is 0 Å². The molecule has 1 amide bonds. The number of rotatable bonds is 2. The fourth-order valence-corrected chi connectivity index (χ4v) is 2.95. The fourth-order valence-electron chi connectivity index (χ4n) is 2.95. The zero-order valence-corrected chi connectivity index (χ0v) is 11.9. The first kappa shape index (κ1) is 13.6. The van der Waals surface area contributed by atoms with E-state index in [4.69, 9.17) is 9.47 Å². The highest BCUT2D eigenvalue weighted by Crippen LogP contribution is 2.26. The molecule has 20 heavy (non-hydrogen) atoms. The van der Waals surface area contributed by atoms with Gasteiger partial charge in [-0.2, -0.15) is 0 Å². The number of benzene rings is 1. The number of hydrogen-bond acceptors (Lipinski definition) is 3. The third-order valence-corrected chi connectivity index (χ3v) is 4.07. The summed E-state index contributed by atoms with van der Waals surface area (Å²) in [7, 11) is 0. The summed E-state index contributed by atoms with van der Waals surface area (Å²) in [5.41, 5.74) is 1.92. The van der Waals surface area contributed by atoms with Crippen molar-refractivity contribution in [2.24, 2.45) is 0 Å². The molecule has 2 aliphatic rings.